The highest BCUT2D eigenvalue weighted by molar-refractivity contribution is 6.33. The second-order valence-electron chi connectivity index (χ2n) is 5.85. The number of nitrogens with zero attached hydrogens (tertiary/aromatic N) is 5. The molecule has 2 N–H and O–H groups in total. The number of rotatable bonds is 3. The zero-order valence-corrected chi connectivity index (χ0v) is 12.4. The van der Waals surface area contributed by atoms with Crippen LogP contribution < -0.4 is 5.73 Å². The summed E-state index contributed by atoms with van der Waals surface area (Å²) in [5.41, 5.74) is 7.23. The molecular weight excluding hydrogens is 288 g/mol. The highest BCUT2D eigenvalue weighted by atomic mass is 35.5. The van der Waals surface area contributed by atoms with E-state index in [1.165, 1.54) is 12.8 Å². The molecule has 0 spiro atoms. The number of anilines is 1. The largest absolute Gasteiger partial charge is 0.399 e. The van der Waals surface area contributed by atoms with Gasteiger partial charge in [0.2, 0.25) is 0 Å². The van der Waals surface area contributed by atoms with Crippen molar-refractivity contribution in [2.45, 2.75) is 31.3 Å². The molecule has 2 fully saturated rings. The molecule has 6 nitrogen and oxygen atoms in total. The topological polar surface area (TPSA) is 72.9 Å². The molecule has 21 heavy (non-hydrogen) atoms. The Balaban J connectivity index is 1.64. The second kappa shape index (κ2) is 4.96. The van der Waals surface area contributed by atoms with E-state index in [0.29, 0.717) is 16.8 Å². The molecule has 2 aliphatic rings. The molecule has 1 atom stereocenters. The Morgan fingerprint density at radius 1 is 1.19 bits per heavy atom. The molecule has 4 rings (SSSR count). The number of aromatic nitrogens is 4. The zero-order valence-electron chi connectivity index (χ0n) is 11.6. The lowest BCUT2D eigenvalue weighted by atomic mass is 10.1. The van der Waals surface area contributed by atoms with Crippen molar-refractivity contribution in [2.24, 2.45) is 0 Å². The SMILES string of the molecule is Nc1ccc(-c2nnnn2C2CCN(C3CC3)C2)c(Cl)c1. The van der Waals surface area contributed by atoms with Crippen LogP contribution in [-0.2, 0) is 0 Å². The summed E-state index contributed by atoms with van der Waals surface area (Å²) in [6.07, 6.45) is 3.75. The molecule has 110 valence electrons. The Kier molecular flexibility index (Phi) is 3.08. The molecule has 1 saturated heterocycles. The van der Waals surface area contributed by atoms with Crippen molar-refractivity contribution in [3.63, 3.8) is 0 Å². The summed E-state index contributed by atoms with van der Waals surface area (Å²) in [6.45, 7) is 2.15. The average molecular weight is 305 g/mol. The summed E-state index contributed by atoms with van der Waals surface area (Å²) in [4.78, 5) is 2.54. The van der Waals surface area contributed by atoms with E-state index in [0.717, 1.165) is 36.9 Å². The van der Waals surface area contributed by atoms with E-state index in [-0.39, 0.29) is 0 Å². The molecule has 1 aromatic heterocycles. The van der Waals surface area contributed by atoms with Gasteiger partial charge in [-0.3, -0.25) is 4.90 Å². The fraction of sp³-hybridized carbons (Fsp3) is 0.500. The van der Waals surface area contributed by atoms with Crippen LogP contribution in [0.4, 0.5) is 5.69 Å². The molecular formula is C14H17ClN6. The monoisotopic (exact) mass is 304 g/mol. The van der Waals surface area contributed by atoms with Crippen LogP contribution >= 0.6 is 11.6 Å². The van der Waals surface area contributed by atoms with E-state index >= 15 is 0 Å². The summed E-state index contributed by atoms with van der Waals surface area (Å²) >= 11 is 6.29. The van der Waals surface area contributed by atoms with Crippen LogP contribution in [0.3, 0.4) is 0 Å². The third kappa shape index (κ3) is 2.38. The number of tetrazole rings is 1. The first kappa shape index (κ1) is 13.0. The van der Waals surface area contributed by atoms with Gasteiger partial charge in [0.1, 0.15) is 0 Å². The molecule has 0 amide bonds. The standard InChI is InChI=1S/C14H17ClN6/c15-13-7-9(16)1-4-12(13)14-17-18-19-21(14)11-5-6-20(8-11)10-2-3-10/h1,4,7,10-11H,2-3,5-6,8,16H2. The minimum atomic E-state index is 0.323. The minimum absolute atomic E-state index is 0.323. The van der Waals surface area contributed by atoms with E-state index < -0.39 is 0 Å². The van der Waals surface area contributed by atoms with Crippen LogP contribution in [0.15, 0.2) is 18.2 Å². The van der Waals surface area contributed by atoms with Gasteiger partial charge in [-0.25, -0.2) is 4.68 Å². The highest BCUT2D eigenvalue weighted by Crippen LogP contribution is 2.35. The normalized spacial score (nSPS) is 22.8. The Morgan fingerprint density at radius 2 is 2.05 bits per heavy atom. The van der Waals surface area contributed by atoms with E-state index in [2.05, 4.69) is 20.4 Å². The number of hydrogen-bond donors (Lipinski definition) is 1. The lowest BCUT2D eigenvalue weighted by Crippen LogP contribution is -2.24. The van der Waals surface area contributed by atoms with Gasteiger partial charge < -0.3 is 5.73 Å². The van der Waals surface area contributed by atoms with Crippen molar-refractivity contribution in [3.8, 4) is 11.4 Å². The molecule has 1 aliphatic carbocycles. The van der Waals surface area contributed by atoms with Crippen LogP contribution in [-0.4, -0.2) is 44.2 Å². The number of nitrogens with two attached hydrogens (primary N) is 1. The summed E-state index contributed by atoms with van der Waals surface area (Å²) in [7, 11) is 0. The molecule has 1 saturated carbocycles. The fourth-order valence-corrected chi connectivity index (χ4v) is 3.34. The lowest BCUT2D eigenvalue weighted by molar-refractivity contribution is 0.309. The lowest BCUT2D eigenvalue weighted by Gasteiger charge is -2.15. The smallest absolute Gasteiger partial charge is 0.183 e. The fourth-order valence-electron chi connectivity index (χ4n) is 3.07. The van der Waals surface area contributed by atoms with Gasteiger partial charge in [0.05, 0.1) is 11.1 Å². The maximum Gasteiger partial charge on any atom is 0.183 e. The predicted molar refractivity (Wildman–Crippen MR) is 80.9 cm³/mol. The van der Waals surface area contributed by atoms with Crippen molar-refractivity contribution >= 4 is 17.3 Å². The Morgan fingerprint density at radius 3 is 2.81 bits per heavy atom. The number of benzene rings is 1. The van der Waals surface area contributed by atoms with Gasteiger partial charge in [0.25, 0.3) is 0 Å². The molecule has 2 heterocycles. The van der Waals surface area contributed by atoms with Crippen molar-refractivity contribution in [1.29, 1.82) is 0 Å². The first-order valence-electron chi connectivity index (χ1n) is 7.29. The quantitative estimate of drug-likeness (QED) is 0.878. The van der Waals surface area contributed by atoms with E-state index in [1.807, 2.05) is 16.8 Å². The Labute approximate surface area is 127 Å². The van der Waals surface area contributed by atoms with Crippen molar-refractivity contribution in [2.75, 3.05) is 18.8 Å². The molecule has 0 bridgehead atoms. The Hall–Kier alpha value is -1.66. The van der Waals surface area contributed by atoms with Crippen LogP contribution in [0.1, 0.15) is 25.3 Å². The van der Waals surface area contributed by atoms with Crippen LogP contribution in [0.5, 0.6) is 0 Å². The summed E-state index contributed by atoms with van der Waals surface area (Å²) < 4.78 is 1.92. The van der Waals surface area contributed by atoms with Crippen LogP contribution in [0, 0.1) is 0 Å². The van der Waals surface area contributed by atoms with E-state index in [4.69, 9.17) is 17.3 Å². The highest BCUT2D eigenvalue weighted by Gasteiger charge is 2.36. The first-order valence-corrected chi connectivity index (χ1v) is 7.67. The van der Waals surface area contributed by atoms with Gasteiger partial charge in [0.15, 0.2) is 5.82 Å². The van der Waals surface area contributed by atoms with Crippen molar-refractivity contribution in [3.05, 3.63) is 23.2 Å². The third-order valence-corrected chi connectivity index (χ3v) is 4.64. The van der Waals surface area contributed by atoms with Gasteiger partial charge in [0, 0.05) is 30.4 Å². The predicted octanol–water partition coefficient (Wildman–Crippen LogP) is 1.98. The Bertz CT molecular complexity index is 665. The van der Waals surface area contributed by atoms with Crippen molar-refractivity contribution in [1.82, 2.24) is 25.1 Å². The molecule has 2 aromatic rings. The maximum absolute atomic E-state index is 6.29. The van der Waals surface area contributed by atoms with Crippen LogP contribution in [0.25, 0.3) is 11.4 Å². The van der Waals surface area contributed by atoms with Gasteiger partial charge in [-0.1, -0.05) is 11.6 Å². The van der Waals surface area contributed by atoms with Gasteiger partial charge >= 0.3 is 0 Å². The average Bonchev–Trinajstić information content (AvgIpc) is 3.00. The van der Waals surface area contributed by atoms with E-state index in [9.17, 15) is 0 Å². The molecule has 1 unspecified atom stereocenters. The summed E-state index contributed by atoms with van der Waals surface area (Å²) in [5, 5.41) is 12.8. The number of likely N-dealkylation sites (tertiary alicyclic amines) is 1. The van der Waals surface area contributed by atoms with Gasteiger partial charge in [-0.05, 0) is 47.9 Å². The molecule has 1 aliphatic heterocycles. The van der Waals surface area contributed by atoms with Gasteiger partial charge in [-0.15, -0.1) is 5.10 Å². The zero-order chi connectivity index (χ0) is 14.4. The summed E-state index contributed by atoms with van der Waals surface area (Å²) in [6, 6.07) is 6.55. The third-order valence-electron chi connectivity index (χ3n) is 4.33. The summed E-state index contributed by atoms with van der Waals surface area (Å²) in [5.74, 6) is 0.725. The number of nitrogen functional groups attached to an aromatic ring is 1. The van der Waals surface area contributed by atoms with Crippen LogP contribution in [0.2, 0.25) is 5.02 Å². The molecule has 0 radical (unpaired) electrons. The number of hydrogen-bond acceptors (Lipinski definition) is 5. The number of halogens is 1. The van der Waals surface area contributed by atoms with Crippen molar-refractivity contribution < 1.29 is 0 Å². The molecule has 1 aromatic carbocycles. The van der Waals surface area contributed by atoms with Gasteiger partial charge in [-0.2, -0.15) is 0 Å². The minimum Gasteiger partial charge on any atom is -0.399 e. The second-order valence-corrected chi connectivity index (χ2v) is 6.26. The maximum atomic E-state index is 6.29. The first-order chi connectivity index (χ1) is 10.2. The molecule has 7 heteroatoms. The van der Waals surface area contributed by atoms with E-state index in [1.54, 1.807) is 6.07 Å².